The van der Waals surface area contributed by atoms with Crippen molar-refractivity contribution in [2.45, 2.75) is 161 Å². The van der Waals surface area contributed by atoms with Crippen molar-refractivity contribution in [1.29, 1.82) is 0 Å². The Kier molecular flexibility index (Phi) is 12.2. The second-order valence-corrected chi connectivity index (χ2v) is 31.1. The second-order valence-electron chi connectivity index (χ2n) is 17.1. The summed E-state index contributed by atoms with van der Waals surface area (Å²) in [6.07, 6.45) is 8.65. The zero-order valence-electron chi connectivity index (χ0n) is 32.7. The van der Waals surface area contributed by atoms with Crippen molar-refractivity contribution in [1.82, 2.24) is 0 Å². The summed E-state index contributed by atoms with van der Waals surface area (Å²) in [5, 5.41) is 0. The SMILES string of the molecule is CCC[CH2][Sn]([CH2]CCC)([CH2]CCC)[C@H]1CC(c2ccccc2)=C(B2OC(C)(C)C(C)(C)O2)C(c2ccccc2)=C1B1OC(C)(C)C(C)(C)O1. The van der Waals surface area contributed by atoms with Gasteiger partial charge in [-0.2, -0.15) is 0 Å². The maximum atomic E-state index is 7.18. The maximum absolute atomic E-state index is 7.18. The summed E-state index contributed by atoms with van der Waals surface area (Å²) in [4.78, 5) is 0. The molecule has 49 heavy (non-hydrogen) atoms. The predicted molar refractivity (Wildman–Crippen MR) is 212 cm³/mol. The molecule has 2 heterocycles. The molecule has 2 fully saturated rings. The first-order valence-electron chi connectivity index (χ1n) is 19.4. The molecule has 0 saturated carbocycles. The third-order valence-electron chi connectivity index (χ3n) is 12.7. The summed E-state index contributed by atoms with van der Waals surface area (Å²) in [6.45, 7) is 24.6. The van der Waals surface area contributed by atoms with E-state index in [4.69, 9.17) is 18.6 Å². The van der Waals surface area contributed by atoms with Crippen LogP contribution in [-0.2, 0) is 18.6 Å². The number of hydrogen-bond donors (Lipinski definition) is 0. The third kappa shape index (κ3) is 7.75. The first kappa shape index (κ1) is 38.9. The van der Waals surface area contributed by atoms with Crippen LogP contribution in [0.1, 0.15) is 132 Å². The molecule has 2 aliphatic heterocycles. The van der Waals surface area contributed by atoms with E-state index < -0.39 is 55.0 Å². The molecular formula is C42H64B2O4Sn. The van der Waals surface area contributed by atoms with Gasteiger partial charge in [-0.15, -0.1) is 0 Å². The van der Waals surface area contributed by atoms with Gasteiger partial charge in [0.2, 0.25) is 0 Å². The fourth-order valence-electron chi connectivity index (χ4n) is 8.25. The molecule has 2 aromatic carbocycles. The van der Waals surface area contributed by atoms with E-state index in [-0.39, 0.29) is 0 Å². The quantitative estimate of drug-likeness (QED) is 0.179. The summed E-state index contributed by atoms with van der Waals surface area (Å²) in [6, 6.07) is 22.2. The molecule has 0 radical (unpaired) electrons. The van der Waals surface area contributed by atoms with Crippen molar-refractivity contribution in [2.24, 2.45) is 0 Å². The summed E-state index contributed by atoms with van der Waals surface area (Å²) in [5.74, 6) is 0. The van der Waals surface area contributed by atoms with Gasteiger partial charge in [0.05, 0.1) is 0 Å². The normalized spacial score (nSPS) is 23.1. The molecule has 4 nitrogen and oxygen atoms in total. The average Bonchev–Trinajstić information content (AvgIpc) is 3.43. The van der Waals surface area contributed by atoms with Gasteiger partial charge >= 0.3 is 306 Å². The molecule has 266 valence electrons. The van der Waals surface area contributed by atoms with E-state index in [1.807, 2.05) is 0 Å². The van der Waals surface area contributed by atoms with Crippen LogP contribution in [0.15, 0.2) is 71.6 Å². The van der Waals surface area contributed by atoms with Gasteiger partial charge in [-0.25, -0.2) is 0 Å². The molecule has 0 spiro atoms. The minimum atomic E-state index is -3.06. The fraction of sp³-hybridized carbons (Fsp3) is 0.619. The molecule has 0 N–H and O–H groups in total. The van der Waals surface area contributed by atoms with Crippen LogP contribution in [0.4, 0.5) is 0 Å². The number of unbranched alkanes of at least 4 members (excludes halogenated alkanes) is 3. The van der Waals surface area contributed by atoms with Crippen LogP contribution in [0, 0.1) is 0 Å². The number of benzene rings is 2. The molecule has 0 aromatic heterocycles. The zero-order valence-corrected chi connectivity index (χ0v) is 35.6. The Bertz CT molecular complexity index is 1430. The van der Waals surface area contributed by atoms with Crippen molar-refractivity contribution in [2.75, 3.05) is 0 Å². The van der Waals surface area contributed by atoms with Crippen molar-refractivity contribution in [3.05, 3.63) is 82.7 Å². The Morgan fingerprint density at radius 3 is 1.37 bits per heavy atom. The van der Waals surface area contributed by atoms with E-state index >= 15 is 0 Å². The number of allylic oxidation sites excluding steroid dienone is 4. The number of hydrogen-bond acceptors (Lipinski definition) is 4. The van der Waals surface area contributed by atoms with Crippen molar-refractivity contribution in [3.63, 3.8) is 0 Å². The van der Waals surface area contributed by atoms with E-state index in [9.17, 15) is 0 Å². The number of rotatable bonds is 14. The second kappa shape index (κ2) is 15.3. The summed E-state index contributed by atoms with van der Waals surface area (Å²) in [7, 11) is -0.943. The van der Waals surface area contributed by atoms with Crippen LogP contribution >= 0.6 is 0 Å². The molecule has 0 amide bonds. The Balaban J connectivity index is 1.90. The first-order valence-corrected chi connectivity index (χ1v) is 27.1. The van der Waals surface area contributed by atoms with Gasteiger partial charge in [0.1, 0.15) is 0 Å². The molecule has 1 aliphatic carbocycles. The summed E-state index contributed by atoms with van der Waals surface area (Å²) >= 11 is -3.06. The first-order chi connectivity index (χ1) is 23.1. The van der Waals surface area contributed by atoms with Gasteiger partial charge in [-0.1, -0.05) is 0 Å². The van der Waals surface area contributed by atoms with Crippen molar-refractivity contribution in [3.8, 4) is 0 Å². The topological polar surface area (TPSA) is 36.9 Å². The monoisotopic (exact) mass is 774 g/mol. The Morgan fingerprint density at radius 1 is 0.571 bits per heavy atom. The van der Waals surface area contributed by atoms with Crippen LogP contribution in [0.5, 0.6) is 0 Å². The van der Waals surface area contributed by atoms with E-state index in [1.165, 1.54) is 85.1 Å². The van der Waals surface area contributed by atoms with Gasteiger partial charge in [0, 0.05) is 0 Å². The Labute approximate surface area is 304 Å². The van der Waals surface area contributed by atoms with Crippen LogP contribution in [0.3, 0.4) is 0 Å². The van der Waals surface area contributed by atoms with Gasteiger partial charge in [-0.3, -0.25) is 0 Å². The average molecular weight is 773 g/mol. The Hall–Kier alpha value is -1.31. The van der Waals surface area contributed by atoms with Crippen LogP contribution in [0.2, 0.25) is 17.2 Å². The van der Waals surface area contributed by atoms with Gasteiger partial charge < -0.3 is 0 Å². The van der Waals surface area contributed by atoms with Crippen molar-refractivity contribution >= 4 is 43.8 Å². The third-order valence-corrected chi connectivity index (χ3v) is 29.9. The van der Waals surface area contributed by atoms with Crippen LogP contribution < -0.4 is 0 Å². The molecule has 1 atom stereocenters. The molecule has 2 saturated heterocycles. The van der Waals surface area contributed by atoms with Gasteiger partial charge in [-0.05, 0) is 0 Å². The zero-order chi connectivity index (χ0) is 35.7. The van der Waals surface area contributed by atoms with E-state index in [0.29, 0.717) is 3.93 Å². The molecule has 3 aliphatic rings. The van der Waals surface area contributed by atoms with E-state index in [0.717, 1.165) is 6.42 Å². The molecule has 2 aromatic rings. The Morgan fingerprint density at radius 2 is 0.959 bits per heavy atom. The van der Waals surface area contributed by atoms with Gasteiger partial charge in [0.15, 0.2) is 0 Å². The molecule has 0 bridgehead atoms. The minimum absolute atomic E-state index is 0.430. The van der Waals surface area contributed by atoms with E-state index in [1.54, 1.807) is 0 Å². The summed E-state index contributed by atoms with van der Waals surface area (Å²) in [5.41, 5.74) is 5.83. The van der Waals surface area contributed by atoms with Crippen LogP contribution in [-0.4, -0.2) is 55.0 Å². The molecule has 5 rings (SSSR count). The van der Waals surface area contributed by atoms with Gasteiger partial charge in [0.25, 0.3) is 0 Å². The molecule has 0 unspecified atom stereocenters. The van der Waals surface area contributed by atoms with E-state index in [2.05, 4.69) is 137 Å². The van der Waals surface area contributed by atoms with Crippen LogP contribution in [0.25, 0.3) is 11.1 Å². The standard InChI is InChI=1S/C30H37B2O4.3C4H9.Sn/c1-27(2)28(3,4)34-31(33-27)24-20-19-23(21-15-11-9-12-16-21)26(25(24)22-17-13-10-14-18-22)32-35-29(5,6)30(7,8)36-32;3*1-3-4-2;/h9-18,20H,19H2,1-8H3;3*1,3-4H2,2H3;. The molecular weight excluding hydrogens is 709 g/mol. The fourth-order valence-corrected chi connectivity index (χ4v) is 26.9. The van der Waals surface area contributed by atoms with Crippen molar-refractivity contribution < 1.29 is 18.6 Å². The predicted octanol–water partition coefficient (Wildman–Crippen LogP) is 11.8. The summed E-state index contributed by atoms with van der Waals surface area (Å²) < 4.78 is 33.1. The molecule has 7 heteroatoms.